The lowest BCUT2D eigenvalue weighted by atomic mass is 9.96. The van der Waals surface area contributed by atoms with Crippen molar-refractivity contribution >= 4 is 5.91 Å². The van der Waals surface area contributed by atoms with E-state index in [1.807, 2.05) is 30.9 Å². The van der Waals surface area contributed by atoms with Gasteiger partial charge in [0, 0.05) is 26.2 Å². The number of oxazole rings is 1. The maximum absolute atomic E-state index is 12.8. The quantitative estimate of drug-likeness (QED) is 0.697. The second kappa shape index (κ2) is 9.73. The van der Waals surface area contributed by atoms with Gasteiger partial charge in [-0.1, -0.05) is 12.1 Å². The van der Waals surface area contributed by atoms with E-state index in [1.165, 1.54) is 18.4 Å². The molecule has 3 rings (SSSR count). The molecule has 1 fully saturated rings. The van der Waals surface area contributed by atoms with Crippen molar-refractivity contribution in [2.45, 2.75) is 33.1 Å². The minimum atomic E-state index is -0.0500. The minimum Gasteiger partial charge on any atom is -0.497 e. The molecule has 0 N–H and O–H groups in total. The number of hydrogen-bond donors (Lipinski definition) is 0. The molecule has 1 unspecified atom stereocenters. The summed E-state index contributed by atoms with van der Waals surface area (Å²) in [5, 5.41) is 0. The van der Waals surface area contributed by atoms with Crippen LogP contribution in [-0.4, -0.2) is 60.5 Å². The molecule has 152 valence electrons. The molecular weight excluding hydrogens is 354 g/mol. The molecule has 1 aliphatic heterocycles. The van der Waals surface area contributed by atoms with E-state index in [0.29, 0.717) is 23.9 Å². The maximum atomic E-state index is 12.8. The van der Waals surface area contributed by atoms with E-state index < -0.39 is 0 Å². The average molecular weight is 386 g/mol. The van der Waals surface area contributed by atoms with Crippen LogP contribution in [0.1, 0.15) is 41.6 Å². The van der Waals surface area contributed by atoms with Gasteiger partial charge in [-0.3, -0.25) is 4.79 Å². The molecule has 0 bridgehead atoms. The fourth-order valence-corrected chi connectivity index (χ4v) is 3.94. The predicted molar refractivity (Wildman–Crippen MR) is 109 cm³/mol. The third-order valence-corrected chi connectivity index (χ3v) is 5.54. The number of carbonyl (C=O) groups is 1. The Balaban J connectivity index is 1.53. The number of methoxy groups -OCH3 is 1. The Morgan fingerprint density at radius 1 is 1.43 bits per heavy atom. The molecule has 1 aliphatic rings. The molecule has 0 saturated carbocycles. The van der Waals surface area contributed by atoms with Gasteiger partial charge >= 0.3 is 0 Å². The van der Waals surface area contributed by atoms with Crippen molar-refractivity contribution in [2.24, 2.45) is 5.92 Å². The highest BCUT2D eigenvalue weighted by Crippen LogP contribution is 2.20. The predicted octanol–water partition coefficient (Wildman–Crippen LogP) is 3.41. The highest BCUT2D eigenvalue weighted by atomic mass is 16.5. The summed E-state index contributed by atoms with van der Waals surface area (Å²) in [7, 11) is 1.70. The summed E-state index contributed by atoms with van der Waals surface area (Å²) in [5.74, 6) is 1.72. The topological polar surface area (TPSA) is 58.8 Å². The zero-order chi connectivity index (χ0) is 19.9. The van der Waals surface area contributed by atoms with Crippen LogP contribution in [-0.2, 0) is 6.42 Å². The fraction of sp³-hybridized carbons (Fsp3) is 0.545. The Bertz CT molecular complexity index is 774. The lowest BCUT2D eigenvalue weighted by molar-refractivity contribution is 0.0659. The van der Waals surface area contributed by atoms with Crippen LogP contribution in [0.2, 0.25) is 0 Å². The van der Waals surface area contributed by atoms with Crippen LogP contribution in [0.3, 0.4) is 0 Å². The monoisotopic (exact) mass is 385 g/mol. The van der Waals surface area contributed by atoms with E-state index in [2.05, 4.69) is 22.0 Å². The average Bonchev–Trinajstić information content (AvgIpc) is 3.16. The van der Waals surface area contributed by atoms with E-state index in [9.17, 15) is 4.79 Å². The van der Waals surface area contributed by atoms with Crippen LogP contribution in [0, 0.1) is 12.8 Å². The molecule has 1 amide bonds. The Kier molecular flexibility index (Phi) is 7.09. The van der Waals surface area contributed by atoms with Crippen molar-refractivity contribution in [3.05, 3.63) is 47.7 Å². The first-order chi connectivity index (χ1) is 13.6. The summed E-state index contributed by atoms with van der Waals surface area (Å²) in [6.07, 6.45) is 4.69. The molecule has 0 radical (unpaired) electrons. The van der Waals surface area contributed by atoms with Crippen LogP contribution >= 0.6 is 0 Å². The third-order valence-electron chi connectivity index (χ3n) is 5.54. The van der Waals surface area contributed by atoms with E-state index in [-0.39, 0.29) is 5.91 Å². The van der Waals surface area contributed by atoms with E-state index in [0.717, 1.165) is 44.8 Å². The normalized spacial score (nSPS) is 17.5. The summed E-state index contributed by atoms with van der Waals surface area (Å²) < 4.78 is 10.6. The van der Waals surface area contributed by atoms with Gasteiger partial charge < -0.3 is 19.0 Å². The number of rotatable bonds is 8. The molecule has 1 aromatic heterocycles. The zero-order valence-electron chi connectivity index (χ0n) is 17.2. The smallest absolute Gasteiger partial charge is 0.291 e. The first-order valence-corrected chi connectivity index (χ1v) is 10.1. The number of aromatic nitrogens is 1. The number of piperidine rings is 1. The van der Waals surface area contributed by atoms with Gasteiger partial charge in [0.25, 0.3) is 5.91 Å². The highest BCUT2D eigenvalue weighted by Gasteiger charge is 2.26. The number of aryl methyl sites for hydroxylation is 1. The first kappa shape index (κ1) is 20.4. The maximum Gasteiger partial charge on any atom is 0.291 e. The van der Waals surface area contributed by atoms with Crippen molar-refractivity contribution < 1.29 is 13.9 Å². The number of carbonyl (C=O) groups excluding carboxylic acids is 1. The van der Waals surface area contributed by atoms with Gasteiger partial charge in [0.1, 0.15) is 5.75 Å². The molecule has 0 aliphatic carbocycles. The van der Waals surface area contributed by atoms with Gasteiger partial charge in [0.15, 0.2) is 6.39 Å². The molecule has 6 nitrogen and oxygen atoms in total. The first-order valence-electron chi connectivity index (χ1n) is 10.1. The number of hydrogen-bond acceptors (Lipinski definition) is 5. The van der Waals surface area contributed by atoms with Crippen molar-refractivity contribution in [1.82, 2.24) is 14.8 Å². The molecular formula is C22H31N3O3. The van der Waals surface area contributed by atoms with Gasteiger partial charge in [-0.15, -0.1) is 0 Å². The second-order valence-corrected chi connectivity index (χ2v) is 7.52. The Labute approximate surface area is 167 Å². The highest BCUT2D eigenvalue weighted by molar-refractivity contribution is 5.92. The van der Waals surface area contributed by atoms with Crippen molar-refractivity contribution in [1.29, 1.82) is 0 Å². The number of likely N-dealkylation sites (tertiary alicyclic amines) is 1. The van der Waals surface area contributed by atoms with Gasteiger partial charge in [-0.05, 0) is 63.3 Å². The lowest BCUT2D eigenvalue weighted by Gasteiger charge is -2.35. The second-order valence-electron chi connectivity index (χ2n) is 7.52. The third kappa shape index (κ3) is 5.13. The van der Waals surface area contributed by atoms with Crippen LogP contribution in [0.25, 0.3) is 0 Å². The van der Waals surface area contributed by atoms with Gasteiger partial charge in [-0.25, -0.2) is 4.98 Å². The number of ether oxygens (including phenoxy) is 1. The Morgan fingerprint density at radius 3 is 3.00 bits per heavy atom. The van der Waals surface area contributed by atoms with Crippen LogP contribution in [0.5, 0.6) is 5.75 Å². The summed E-state index contributed by atoms with van der Waals surface area (Å²) in [6, 6.07) is 8.29. The standard InChI is InChI=1S/C22H31N3O3/c1-4-25(22(26)21-17(2)23-16-28-21)15-19-8-6-11-24(14-19)12-10-18-7-5-9-20(13-18)27-3/h5,7,9,13,16,19H,4,6,8,10-12,14-15H2,1-3H3. The van der Waals surface area contributed by atoms with Crippen LogP contribution in [0.4, 0.5) is 0 Å². The Morgan fingerprint density at radius 2 is 2.29 bits per heavy atom. The molecule has 1 atom stereocenters. The number of amides is 1. The number of benzene rings is 1. The molecule has 2 heterocycles. The summed E-state index contributed by atoms with van der Waals surface area (Å²) in [4.78, 5) is 21.2. The summed E-state index contributed by atoms with van der Waals surface area (Å²) in [6.45, 7) is 8.47. The van der Waals surface area contributed by atoms with E-state index in [1.54, 1.807) is 7.11 Å². The minimum absolute atomic E-state index is 0.0500. The Hall–Kier alpha value is -2.34. The van der Waals surface area contributed by atoms with E-state index in [4.69, 9.17) is 9.15 Å². The zero-order valence-corrected chi connectivity index (χ0v) is 17.2. The molecule has 28 heavy (non-hydrogen) atoms. The number of nitrogens with zero attached hydrogens (tertiary/aromatic N) is 3. The van der Waals surface area contributed by atoms with E-state index >= 15 is 0 Å². The van der Waals surface area contributed by atoms with Gasteiger partial charge in [0.2, 0.25) is 5.76 Å². The fourth-order valence-electron chi connectivity index (χ4n) is 3.94. The van der Waals surface area contributed by atoms with Crippen molar-refractivity contribution in [3.63, 3.8) is 0 Å². The molecule has 2 aromatic rings. The van der Waals surface area contributed by atoms with Crippen molar-refractivity contribution in [3.8, 4) is 5.75 Å². The summed E-state index contributed by atoms with van der Waals surface area (Å²) in [5.41, 5.74) is 1.96. The summed E-state index contributed by atoms with van der Waals surface area (Å²) >= 11 is 0. The molecule has 6 heteroatoms. The SMILES string of the molecule is CCN(CC1CCCN(CCc2cccc(OC)c2)C1)C(=O)c1ocnc1C. The van der Waals surface area contributed by atoms with Crippen LogP contribution < -0.4 is 4.74 Å². The largest absolute Gasteiger partial charge is 0.497 e. The van der Waals surface area contributed by atoms with Gasteiger partial charge in [-0.2, -0.15) is 0 Å². The lowest BCUT2D eigenvalue weighted by Crippen LogP contribution is -2.43. The molecule has 1 aromatic carbocycles. The molecule has 1 saturated heterocycles. The van der Waals surface area contributed by atoms with Crippen LogP contribution in [0.15, 0.2) is 35.1 Å². The molecule has 0 spiro atoms. The van der Waals surface area contributed by atoms with Crippen molar-refractivity contribution in [2.75, 3.05) is 39.8 Å². The van der Waals surface area contributed by atoms with Gasteiger partial charge in [0.05, 0.1) is 12.8 Å².